The fraction of sp³-hybridized carbons (Fsp3) is 0.400. The highest BCUT2D eigenvalue weighted by Crippen LogP contribution is 2.48. The third kappa shape index (κ3) is 3.52. The fourth-order valence-electron chi connectivity index (χ4n) is 4.88. The van der Waals surface area contributed by atoms with Crippen molar-refractivity contribution < 1.29 is 19.4 Å². The van der Waals surface area contributed by atoms with Crippen LogP contribution >= 0.6 is 11.6 Å². The molecule has 0 unspecified atom stereocenters. The molecule has 30 heavy (non-hydrogen) atoms. The van der Waals surface area contributed by atoms with Gasteiger partial charge in [0.25, 0.3) is 0 Å². The quantitative estimate of drug-likeness (QED) is 0.607. The first-order valence-corrected chi connectivity index (χ1v) is 10.8. The van der Waals surface area contributed by atoms with Gasteiger partial charge in [-0.1, -0.05) is 35.9 Å². The van der Waals surface area contributed by atoms with Crippen LogP contribution < -0.4 is 0 Å². The molecule has 4 rings (SSSR count). The van der Waals surface area contributed by atoms with Gasteiger partial charge in [0.05, 0.1) is 0 Å². The average Bonchev–Trinajstić information content (AvgIpc) is 2.95. The lowest BCUT2D eigenvalue weighted by molar-refractivity contribution is -0.150. The van der Waals surface area contributed by atoms with Crippen LogP contribution in [-0.4, -0.2) is 30.4 Å². The number of carbonyl (C=O) groups excluding carboxylic acids is 1. The van der Waals surface area contributed by atoms with Crippen molar-refractivity contribution in [3.05, 3.63) is 63.9 Å². The maximum atomic E-state index is 13.0. The van der Waals surface area contributed by atoms with Gasteiger partial charge in [0.2, 0.25) is 0 Å². The van der Waals surface area contributed by atoms with E-state index in [2.05, 4.69) is 0 Å². The van der Waals surface area contributed by atoms with E-state index in [-0.39, 0.29) is 5.76 Å². The van der Waals surface area contributed by atoms with E-state index in [1.807, 2.05) is 50.2 Å². The van der Waals surface area contributed by atoms with Gasteiger partial charge in [-0.25, -0.2) is 4.79 Å². The van der Waals surface area contributed by atoms with Crippen LogP contribution in [0.1, 0.15) is 42.4 Å². The second kappa shape index (κ2) is 8.09. The van der Waals surface area contributed by atoms with Gasteiger partial charge >= 0.3 is 5.97 Å². The smallest absolute Gasteiger partial charge is 0.343 e. The molecule has 0 radical (unpaired) electrons. The van der Waals surface area contributed by atoms with Crippen molar-refractivity contribution >= 4 is 23.1 Å². The summed E-state index contributed by atoms with van der Waals surface area (Å²) >= 11 is 6.04. The molecule has 0 saturated heterocycles. The molecule has 1 aliphatic heterocycles. The van der Waals surface area contributed by atoms with Crippen LogP contribution in [0.5, 0.6) is 0 Å². The zero-order valence-electron chi connectivity index (χ0n) is 17.6. The van der Waals surface area contributed by atoms with Crippen molar-refractivity contribution in [2.24, 2.45) is 5.92 Å². The van der Waals surface area contributed by atoms with Crippen LogP contribution in [0.3, 0.4) is 0 Å². The number of halogens is 1. The van der Waals surface area contributed by atoms with E-state index in [9.17, 15) is 9.90 Å². The molecule has 2 aliphatic rings. The first-order chi connectivity index (χ1) is 14.4. The van der Waals surface area contributed by atoms with Crippen molar-refractivity contribution in [1.29, 1.82) is 0 Å². The van der Waals surface area contributed by atoms with Crippen LogP contribution in [0.2, 0.25) is 5.02 Å². The van der Waals surface area contributed by atoms with Gasteiger partial charge < -0.3 is 14.6 Å². The Hall–Kier alpha value is -2.30. The number of hydrogen-bond acceptors (Lipinski definition) is 4. The lowest BCUT2D eigenvalue weighted by Gasteiger charge is -2.35. The maximum Gasteiger partial charge on any atom is 0.343 e. The number of ether oxygens (including phenoxy) is 2. The number of aryl methyl sites for hydroxylation is 1. The zero-order valence-corrected chi connectivity index (χ0v) is 18.4. The summed E-state index contributed by atoms with van der Waals surface area (Å²) in [5.74, 6) is 0.0906. The first kappa shape index (κ1) is 21.0. The topological polar surface area (TPSA) is 55.8 Å². The van der Waals surface area contributed by atoms with Crippen LogP contribution in [-0.2, 0) is 14.3 Å². The third-order valence-corrected chi connectivity index (χ3v) is 6.81. The van der Waals surface area contributed by atoms with Gasteiger partial charge in [0.1, 0.15) is 5.57 Å². The third-order valence-electron chi connectivity index (χ3n) is 6.55. The summed E-state index contributed by atoms with van der Waals surface area (Å²) in [7, 11) is 1.70. The second-order valence-corrected chi connectivity index (χ2v) is 8.88. The van der Waals surface area contributed by atoms with E-state index in [4.69, 9.17) is 21.1 Å². The molecule has 2 aromatic rings. The van der Waals surface area contributed by atoms with E-state index in [1.54, 1.807) is 7.11 Å². The number of esters is 1. The van der Waals surface area contributed by atoms with Crippen molar-refractivity contribution in [3.63, 3.8) is 0 Å². The Morgan fingerprint density at radius 1 is 1.13 bits per heavy atom. The molecule has 4 nitrogen and oxygen atoms in total. The summed E-state index contributed by atoms with van der Waals surface area (Å²) in [6.07, 6.45) is 2.97. The van der Waals surface area contributed by atoms with Crippen LogP contribution in [0.4, 0.5) is 0 Å². The predicted molar refractivity (Wildman–Crippen MR) is 119 cm³/mol. The van der Waals surface area contributed by atoms with Gasteiger partial charge in [-0.15, -0.1) is 0 Å². The maximum absolute atomic E-state index is 13.0. The van der Waals surface area contributed by atoms with Crippen molar-refractivity contribution in [3.8, 4) is 11.1 Å². The van der Waals surface area contributed by atoms with Crippen molar-refractivity contribution in [2.45, 2.75) is 45.1 Å². The fourth-order valence-corrected chi connectivity index (χ4v) is 5.01. The summed E-state index contributed by atoms with van der Waals surface area (Å²) in [5, 5.41) is 11.9. The molecule has 1 N–H and O–H groups in total. The van der Waals surface area contributed by atoms with Gasteiger partial charge in [-0.2, -0.15) is 0 Å². The number of benzene rings is 2. The van der Waals surface area contributed by atoms with E-state index in [1.165, 1.54) is 0 Å². The number of carbonyl (C=O) groups is 1. The standard InChI is InChI=1S/C25H27ClO4/c1-15-4-9-20(18-5-7-19(26)8-6-18)16(2)21(15)22-23(27)25(30-24(22)28)12-10-17(11-13-25)14-29-3/h4-9,17,27H,10-14H2,1-3H3. The minimum Gasteiger partial charge on any atom is -0.507 e. The summed E-state index contributed by atoms with van der Waals surface area (Å²) in [4.78, 5) is 13.0. The molecule has 0 bridgehead atoms. The van der Waals surface area contributed by atoms with Crippen LogP contribution in [0.15, 0.2) is 42.2 Å². The van der Waals surface area contributed by atoms with Gasteiger partial charge in [0.15, 0.2) is 11.4 Å². The summed E-state index contributed by atoms with van der Waals surface area (Å²) in [6, 6.07) is 11.7. The number of rotatable bonds is 4. The van der Waals surface area contributed by atoms with Crippen LogP contribution in [0, 0.1) is 19.8 Å². The molecule has 158 valence electrons. The second-order valence-electron chi connectivity index (χ2n) is 8.44. The summed E-state index contributed by atoms with van der Waals surface area (Å²) < 4.78 is 11.1. The number of aliphatic hydroxyl groups is 1. The Labute approximate surface area is 182 Å². The molecule has 5 heteroatoms. The molecule has 1 fully saturated rings. The molecule has 1 aliphatic carbocycles. The largest absolute Gasteiger partial charge is 0.507 e. The Kier molecular flexibility index (Phi) is 5.65. The molecule has 1 heterocycles. The van der Waals surface area contributed by atoms with Gasteiger partial charge in [0, 0.05) is 18.7 Å². The van der Waals surface area contributed by atoms with E-state index < -0.39 is 11.6 Å². The molecular formula is C25H27ClO4. The number of aliphatic hydroxyl groups excluding tert-OH is 1. The van der Waals surface area contributed by atoms with E-state index in [0.29, 0.717) is 36.0 Å². The lowest BCUT2D eigenvalue weighted by Crippen LogP contribution is -2.37. The number of hydrogen-bond donors (Lipinski definition) is 1. The Bertz CT molecular complexity index is 999. The lowest BCUT2D eigenvalue weighted by atomic mass is 9.77. The molecule has 0 amide bonds. The van der Waals surface area contributed by atoms with Crippen LogP contribution in [0.25, 0.3) is 16.7 Å². The molecular weight excluding hydrogens is 400 g/mol. The Morgan fingerprint density at radius 2 is 1.80 bits per heavy atom. The van der Waals surface area contributed by atoms with Gasteiger partial charge in [-0.3, -0.25) is 0 Å². The SMILES string of the molecule is COCC1CCC2(CC1)OC(=O)C(c1c(C)ccc(-c3ccc(Cl)cc3)c1C)=C2O. The normalized spacial score (nSPS) is 23.9. The number of methoxy groups -OCH3 is 1. The Balaban J connectivity index is 1.76. The summed E-state index contributed by atoms with van der Waals surface area (Å²) in [5.41, 5.74) is 4.08. The predicted octanol–water partition coefficient (Wildman–Crippen LogP) is 6.03. The van der Waals surface area contributed by atoms with E-state index in [0.717, 1.165) is 40.7 Å². The van der Waals surface area contributed by atoms with Crippen molar-refractivity contribution in [1.82, 2.24) is 0 Å². The Morgan fingerprint density at radius 3 is 2.43 bits per heavy atom. The molecule has 1 saturated carbocycles. The molecule has 2 aromatic carbocycles. The molecule has 0 atom stereocenters. The highest BCUT2D eigenvalue weighted by atomic mass is 35.5. The highest BCUT2D eigenvalue weighted by molar-refractivity contribution is 6.30. The molecule has 0 aromatic heterocycles. The molecule has 1 spiro atoms. The monoisotopic (exact) mass is 426 g/mol. The van der Waals surface area contributed by atoms with E-state index >= 15 is 0 Å². The highest BCUT2D eigenvalue weighted by Gasteiger charge is 2.50. The first-order valence-electron chi connectivity index (χ1n) is 10.4. The zero-order chi connectivity index (χ0) is 21.5. The minimum absolute atomic E-state index is 0.0859. The van der Waals surface area contributed by atoms with Crippen molar-refractivity contribution in [2.75, 3.05) is 13.7 Å². The summed E-state index contributed by atoms with van der Waals surface area (Å²) in [6.45, 7) is 4.64. The average molecular weight is 427 g/mol. The van der Waals surface area contributed by atoms with Gasteiger partial charge in [-0.05, 0) is 85.4 Å². The minimum atomic E-state index is -0.897.